The molecule has 1 amide bonds. The third-order valence-corrected chi connectivity index (χ3v) is 6.83. The Balaban J connectivity index is 1.60. The van der Waals surface area contributed by atoms with Crippen molar-refractivity contribution in [2.45, 2.75) is 32.1 Å². The van der Waals surface area contributed by atoms with Crippen molar-refractivity contribution in [2.75, 3.05) is 11.1 Å². The van der Waals surface area contributed by atoms with Gasteiger partial charge in [-0.1, -0.05) is 60.3 Å². The normalized spacial score (nSPS) is 10.8. The number of thioether (sulfide) groups is 1. The fourth-order valence-corrected chi connectivity index (χ4v) is 4.75. The first-order valence-corrected chi connectivity index (χ1v) is 12.1. The van der Waals surface area contributed by atoms with E-state index in [0.29, 0.717) is 34.0 Å². The van der Waals surface area contributed by atoms with Gasteiger partial charge in [-0.15, -0.1) is 6.58 Å². The minimum absolute atomic E-state index is 0.0292. The maximum absolute atomic E-state index is 13.0. The van der Waals surface area contributed by atoms with Crippen LogP contribution >= 0.6 is 11.8 Å². The number of hydrogen-bond acceptors (Lipinski definition) is 5. The van der Waals surface area contributed by atoms with E-state index in [1.54, 1.807) is 24.3 Å². The number of hydrogen-bond donors (Lipinski definition) is 1. The molecule has 0 aliphatic heterocycles. The first kappa shape index (κ1) is 24.0. The molecule has 4 aromatic rings. The van der Waals surface area contributed by atoms with Gasteiger partial charge in [0.05, 0.1) is 22.2 Å². The van der Waals surface area contributed by atoms with Gasteiger partial charge < -0.3 is 9.88 Å². The van der Waals surface area contributed by atoms with E-state index in [1.807, 2.05) is 54.8 Å². The zero-order valence-corrected chi connectivity index (χ0v) is 20.4. The monoisotopic (exact) mass is 483 g/mol. The SMILES string of the molecule is C=CCn1c(SCC(=O)Nc2c(C#N)c(C)c(C)n2Cc2ccccc2)nc2ccccc2c1=O. The average molecular weight is 484 g/mol. The van der Waals surface area contributed by atoms with Crippen LogP contribution in [0.3, 0.4) is 0 Å². The lowest BCUT2D eigenvalue weighted by Crippen LogP contribution is -2.24. The van der Waals surface area contributed by atoms with Crippen molar-refractivity contribution in [3.8, 4) is 6.07 Å². The van der Waals surface area contributed by atoms with Gasteiger partial charge in [0.1, 0.15) is 11.9 Å². The van der Waals surface area contributed by atoms with E-state index in [1.165, 1.54) is 16.3 Å². The summed E-state index contributed by atoms with van der Waals surface area (Å²) in [5.74, 6) is 0.222. The number of nitrogens with zero attached hydrogens (tertiary/aromatic N) is 4. The maximum Gasteiger partial charge on any atom is 0.262 e. The molecule has 0 atom stereocenters. The number of carbonyl (C=O) groups is 1. The quantitative estimate of drug-likeness (QED) is 0.224. The smallest absolute Gasteiger partial charge is 0.262 e. The number of rotatable bonds is 8. The standard InChI is InChI=1S/C27H25N5O2S/c1-4-14-31-26(34)21-12-8-9-13-23(21)29-27(31)35-17-24(33)30-25-22(15-28)18(2)19(3)32(25)16-20-10-6-5-7-11-20/h4-13H,1,14,16-17H2,2-3H3,(H,30,33). The van der Waals surface area contributed by atoms with Crippen molar-refractivity contribution in [1.29, 1.82) is 5.26 Å². The molecule has 0 unspecified atom stereocenters. The summed E-state index contributed by atoms with van der Waals surface area (Å²) in [7, 11) is 0. The molecule has 0 aliphatic rings. The first-order valence-electron chi connectivity index (χ1n) is 11.1. The van der Waals surface area contributed by atoms with E-state index in [-0.39, 0.29) is 23.8 Å². The average Bonchev–Trinajstić information content (AvgIpc) is 3.09. The third kappa shape index (κ3) is 4.91. The Morgan fingerprint density at radius 1 is 1.14 bits per heavy atom. The van der Waals surface area contributed by atoms with Gasteiger partial charge in [0.15, 0.2) is 5.16 Å². The molecule has 0 radical (unpaired) electrons. The molecule has 7 nitrogen and oxygen atoms in total. The zero-order valence-electron chi connectivity index (χ0n) is 19.6. The van der Waals surface area contributed by atoms with Crippen LogP contribution < -0.4 is 10.9 Å². The van der Waals surface area contributed by atoms with Gasteiger partial charge in [0.2, 0.25) is 5.91 Å². The predicted octanol–water partition coefficient (Wildman–Crippen LogP) is 4.65. The Morgan fingerprint density at radius 2 is 1.86 bits per heavy atom. The molecule has 0 spiro atoms. The van der Waals surface area contributed by atoms with E-state index >= 15 is 0 Å². The van der Waals surface area contributed by atoms with Crippen molar-refractivity contribution in [1.82, 2.24) is 14.1 Å². The Labute approximate surface area is 207 Å². The highest BCUT2D eigenvalue weighted by Gasteiger charge is 2.20. The summed E-state index contributed by atoms with van der Waals surface area (Å²) in [5, 5.41) is 13.7. The van der Waals surface area contributed by atoms with Crippen LogP contribution in [0.25, 0.3) is 10.9 Å². The Bertz CT molecular complexity index is 1510. The van der Waals surface area contributed by atoms with Crippen LogP contribution in [0.1, 0.15) is 22.4 Å². The summed E-state index contributed by atoms with van der Waals surface area (Å²) in [6, 6.07) is 19.2. The molecule has 1 N–H and O–H groups in total. The van der Waals surface area contributed by atoms with E-state index in [2.05, 4.69) is 22.9 Å². The van der Waals surface area contributed by atoms with E-state index in [0.717, 1.165) is 16.8 Å². The molecule has 0 bridgehead atoms. The lowest BCUT2D eigenvalue weighted by atomic mass is 10.2. The second kappa shape index (κ2) is 10.5. The largest absolute Gasteiger partial charge is 0.326 e. The van der Waals surface area contributed by atoms with Crippen molar-refractivity contribution in [2.24, 2.45) is 0 Å². The third-order valence-electron chi connectivity index (χ3n) is 5.85. The van der Waals surface area contributed by atoms with Crippen molar-refractivity contribution >= 4 is 34.4 Å². The molecule has 0 aliphatic carbocycles. The fraction of sp³-hybridized carbons (Fsp3) is 0.185. The number of amides is 1. The molecule has 0 saturated heterocycles. The van der Waals surface area contributed by atoms with Gasteiger partial charge in [0, 0.05) is 18.8 Å². The Morgan fingerprint density at radius 3 is 2.57 bits per heavy atom. The van der Waals surface area contributed by atoms with Gasteiger partial charge >= 0.3 is 0 Å². The molecule has 8 heteroatoms. The molecule has 0 saturated carbocycles. The first-order chi connectivity index (χ1) is 16.9. The summed E-state index contributed by atoms with van der Waals surface area (Å²) < 4.78 is 3.47. The second-order valence-electron chi connectivity index (χ2n) is 8.07. The highest BCUT2D eigenvalue weighted by atomic mass is 32.2. The van der Waals surface area contributed by atoms with Crippen LogP contribution in [-0.4, -0.2) is 25.8 Å². The number of allylic oxidation sites excluding steroid dienone is 1. The summed E-state index contributed by atoms with van der Waals surface area (Å²) in [5.41, 5.74) is 3.67. The van der Waals surface area contributed by atoms with Gasteiger partial charge in [-0.05, 0) is 37.1 Å². The number of carbonyl (C=O) groups excluding carboxylic acids is 1. The number of aromatic nitrogens is 3. The number of nitrogens with one attached hydrogen (secondary N) is 1. The lowest BCUT2D eigenvalue weighted by Gasteiger charge is -2.14. The number of para-hydroxylation sites is 1. The molecule has 2 aromatic heterocycles. The molecular formula is C27H25N5O2S. The summed E-state index contributed by atoms with van der Waals surface area (Å²) >= 11 is 1.18. The van der Waals surface area contributed by atoms with Gasteiger partial charge in [0.25, 0.3) is 5.56 Å². The Hall–Kier alpha value is -4.09. The van der Waals surface area contributed by atoms with Gasteiger partial charge in [-0.2, -0.15) is 5.26 Å². The van der Waals surface area contributed by atoms with E-state index in [9.17, 15) is 14.9 Å². The van der Waals surface area contributed by atoms with Crippen LogP contribution in [0.2, 0.25) is 0 Å². The van der Waals surface area contributed by atoms with Crippen LogP contribution in [0, 0.1) is 25.2 Å². The highest BCUT2D eigenvalue weighted by Crippen LogP contribution is 2.28. The minimum atomic E-state index is -0.286. The predicted molar refractivity (Wildman–Crippen MR) is 140 cm³/mol. The lowest BCUT2D eigenvalue weighted by molar-refractivity contribution is -0.113. The van der Waals surface area contributed by atoms with Crippen molar-refractivity contribution in [3.63, 3.8) is 0 Å². The maximum atomic E-state index is 13.0. The molecule has 2 aromatic carbocycles. The number of fused-ring (bicyclic) bond motifs is 1. The molecule has 35 heavy (non-hydrogen) atoms. The fourth-order valence-electron chi connectivity index (χ4n) is 3.94. The second-order valence-corrected chi connectivity index (χ2v) is 9.01. The molecule has 2 heterocycles. The van der Waals surface area contributed by atoms with Gasteiger partial charge in [-0.25, -0.2) is 4.98 Å². The summed E-state index contributed by atoms with van der Waals surface area (Å²) in [4.78, 5) is 30.5. The summed E-state index contributed by atoms with van der Waals surface area (Å²) in [6.07, 6.45) is 1.63. The number of anilines is 1. The van der Waals surface area contributed by atoms with Crippen LogP contribution in [0.15, 0.2) is 77.2 Å². The van der Waals surface area contributed by atoms with Crippen LogP contribution in [-0.2, 0) is 17.9 Å². The van der Waals surface area contributed by atoms with Crippen LogP contribution in [0.4, 0.5) is 5.82 Å². The number of nitriles is 1. The van der Waals surface area contributed by atoms with Crippen LogP contribution in [0.5, 0.6) is 0 Å². The Kier molecular flexibility index (Phi) is 7.18. The van der Waals surface area contributed by atoms with E-state index < -0.39 is 0 Å². The molecular weight excluding hydrogens is 458 g/mol. The minimum Gasteiger partial charge on any atom is -0.326 e. The molecule has 176 valence electrons. The van der Waals surface area contributed by atoms with E-state index in [4.69, 9.17) is 0 Å². The van der Waals surface area contributed by atoms with Crippen molar-refractivity contribution < 1.29 is 4.79 Å². The molecule has 0 fully saturated rings. The number of benzene rings is 2. The topological polar surface area (TPSA) is 92.7 Å². The highest BCUT2D eigenvalue weighted by molar-refractivity contribution is 7.99. The molecule has 4 rings (SSSR count). The van der Waals surface area contributed by atoms with Crippen molar-refractivity contribution in [3.05, 3.63) is 100.0 Å². The summed E-state index contributed by atoms with van der Waals surface area (Å²) in [6.45, 7) is 8.38. The zero-order chi connectivity index (χ0) is 24.9. The van der Waals surface area contributed by atoms with Gasteiger partial charge in [-0.3, -0.25) is 14.2 Å².